The first-order chi connectivity index (χ1) is 12.2. The lowest BCUT2D eigenvalue weighted by Gasteiger charge is -2.10. The van der Waals surface area contributed by atoms with Crippen LogP contribution in [0.4, 0.5) is 5.69 Å². The molecule has 2 aromatic carbocycles. The zero-order valence-corrected chi connectivity index (χ0v) is 14.8. The SMILES string of the molecule is CCOc1ccc(C(=O)Nc2ccc(CC[C@@H]3CCCN3)cc2)cc1. The molecule has 0 saturated carbocycles. The van der Waals surface area contributed by atoms with Crippen molar-refractivity contribution in [3.8, 4) is 5.75 Å². The van der Waals surface area contributed by atoms with Crippen molar-refractivity contribution in [1.29, 1.82) is 0 Å². The number of hydrogen-bond donors (Lipinski definition) is 2. The third kappa shape index (κ3) is 5.07. The van der Waals surface area contributed by atoms with Crippen LogP contribution in [0.25, 0.3) is 0 Å². The predicted molar refractivity (Wildman–Crippen MR) is 101 cm³/mol. The van der Waals surface area contributed by atoms with E-state index in [1.54, 1.807) is 12.1 Å². The molecule has 0 spiro atoms. The Balaban J connectivity index is 1.52. The maximum atomic E-state index is 12.3. The normalized spacial score (nSPS) is 16.6. The standard InChI is InChI=1S/C21H26N2O2/c1-2-25-20-13-8-17(9-14-20)21(24)23-19-11-6-16(7-12-19)5-10-18-4-3-15-22-18/h6-9,11-14,18,22H,2-5,10,15H2,1H3,(H,23,24)/t18-/m0/s1. The Bertz CT molecular complexity index is 674. The van der Waals surface area contributed by atoms with E-state index in [1.807, 2.05) is 31.2 Å². The molecule has 25 heavy (non-hydrogen) atoms. The second-order valence-corrected chi connectivity index (χ2v) is 6.44. The van der Waals surface area contributed by atoms with Gasteiger partial charge in [0.25, 0.3) is 5.91 Å². The van der Waals surface area contributed by atoms with Crippen molar-refractivity contribution in [2.75, 3.05) is 18.5 Å². The minimum Gasteiger partial charge on any atom is -0.494 e. The molecule has 0 bridgehead atoms. The molecule has 3 rings (SSSR count). The van der Waals surface area contributed by atoms with Crippen LogP contribution in [0, 0.1) is 0 Å². The average Bonchev–Trinajstić information content (AvgIpc) is 3.15. The van der Waals surface area contributed by atoms with E-state index in [1.165, 1.54) is 24.8 Å². The molecule has 4 nitrogen and oxygen atoms in total. The van der Waals surface area contributed by atoms with E-state index in [4.69, 9.17) is 4.74 Å². The van der Waals surface area contributed by atoms with E-state index >= 15 is 0 Å². The van der Waals surface area contributed by atoms with Gasteiger partial charge in [-0.25, -0.2) is 0 Å². The van der Waals surface area contributed by atoms with Crippen molar-refractivity contribution in [2.24, 2.45) is 0 Å². The first-order valence-corrected chi connectivity index (χ1v) is 9.11. The molecular weight excluding hydrogens is 312 g/mol. The summed E-state index contributed by atoms with van der Waals surface area (Å²) in [5.41, 5.74) is 2.76. The van der Waals surface area contributed by atoms with Gasteiger partial charge in [-0.15, -0.1) is 0 Å². The van der Waals surface area contributed by atoms with Gasteiger partial charge in [-0.3, -0.25) is 4.79 Å². The first kappa shape index (κ1) is 17.5. The van der Waals surface area contributed by atoms with E-state index in [0.29, 0.717) is 18.2 Å². The quantitative estimate of drug-likeness (QED) is 0.801. The number of rotatable bonds is 7. The summed E-state index contributed by atoms with van der Waals surface area (Å²) < 4.78 is 5.40. The highest BCUT2D eigenvalue weighted by molar-refractivity contribution is 6.04. The molecule has 1 heterocycles. The number of aryl methyl sites for hydroxylation is 1. The Morgan fingerprint density at radius 2 is 1.92 bits per heavy atom. The highest BCUT2D eigenvalue weighted by Crippen LogP contribution is 2.17. The lowest BCUT2D eigenvalue weighted by Crippen LogP contribution is -2.21. The molecule has 0 aliphatic carbocycles. The van der Waals surface area contributed by atoms with Gasteiger partial charge in [0.2, 0.25) is 0 Å². The number of carbonyl (C=O) groups excluding carboxylic acids is 1. The monoisotopic (exact) mass is 338 g/mol. The fourth-order valence-corrected chi connectivity index (χ4v) is 3.17. The third-order valence-electron chi connectivity index (χ3n) is 4.58. The molecule has 1 aliphatic rings. The van der Waals surface area contributed by atoms with Crippen molar-refractivity contribution in [1.82, 2.24) is 5.32 Å². The topological polar surface area (TPSA) is 50.4 Å². The summed E-state index contributed by atoms with van der Waals surface area (Å²) in [7, 11) is 0. The van der Waals surface area contributed by atoms with Crippen LogP contribution < -0.4 is 15.4 Å². The van der Waals surface area contributed by atoms with Gasteiger partial charge >= 0.3 is 0 Å². The second kappa shape index (κ2) is 8.67. The minimum atomic E-state index is -0.106. The van der Waals surface area contributed by atoms with E-state index < -0.39 is 0 Å². The molecule has 132 valence electrons. The number of nitrogens with one attached hydrogen (secondary N) is 2. The Labute approximate surface area is 149 Å². The summed E-state index contributed by atoms with van der Waals surface area (Å²) in [6.45, 7) is 3.71. The Kier molecular flexibility index (Phi) is 6.07. The summed E-state index contributed by atoms with van der Waals surface area (Å²) in [5.74, 6) is 0.672. The Morgan fingerprint density at radius 1 is 1.16 bits per heavy atom. The number of amides is 1. The van der Waals surface area contributed by atoms with Gasteiger partial charge in [-0.05, 0) is 81.1 Å². The van der Waals surface area contributed by atoms with Crippen molar-refractivity contribution in [3.05, 3.63) is 59.7 Å². The molecular formula is C21H26N2O2. The Morgan fingerprint density at radius 3 is 2.56 bits per heavy atom. The maximum Gasteiger partial charge on any atom is 0.255 e. The number of hydrogen-bond acceptors (Lipinski definition) is 3. The highest BCUT2D eigenvalue weighted by atomic mass is 16.5. The largest absolute Gasteiger partial charge is 0.494 e. The molecule has 1 amide bonds. The van der Waals surface area contributed by atoms with Gasteiger partial charge in [0, 0.05) is 17.3 Å². The van der Waals surface area contributed by atoms with E-state index in [2.05, 4.69) is 22.8 Å². The summed E-state index contributed by atoms with van der Waals surface area (Å²) in [6.07, 6.45) is 4.83. The van der Waals surface area contributed by atoms with Crippen LogP contribution in [-0.4, -0.2) is 25.1 Å². The molecule has 4 heteroatoms. The summed E-state index contributed by atoms with van der Waals surface area (Å²) in [5, 5.41) is 6.47. The first-order valence-electron chi connectivity index (χ1n) is 9.11. The van der Waals surface area contributed by atoms with Gasteiger partial charge in [0.15, 0.2) is 0 Å². The summed E-state index contributed by atoms with van der Waals surface area (Å²) in [4.78, 5) is 12.3. The maximum absolute atomic E-state index is 12.3. The zero-order valence-electron chi connectivity index (χ0n) is 14.8. The molecule has 2 N–H and O–H groups in total. The molecule has 0 unspecified atom stereocenters. The van der Waals surface area contributed by atoms with Gasteiger partial charge in [-0.1, -0.05) is 12.1 Å². The molecule has 1 saturated heterocycles. The van der Waals surface area contributed by atoms with E-state index in [0.717, 1.165) is 24.4 Å². The minimum absolute atomic E-state index is 0.106. The molecule has 0 radical (unpaired) electrons. The van der Waals surface area contributed by atoms with Crippen LogP contribution in [0.2, 0.25) is 0 Å². The summed E-state index contributed by atoms with van der Waals surface area (Å²) in [6, 6.07) is 16.0. The molecule has 1 fully saturated rings. The highest BCUT2D eigenvalue weighted by Gasteiger charge is 2.13. The van der Waals surface area contributed by atoms with Gasteiger partial charge < -0.3 is 15.4 Å². The van der Waals surface area contributed by atoms with Crippen LogP contribution in [0.15, 0.2) is 48.5 Å². The van der Waals surface area contributed by atoms with Gasteiger partial charge in [0.05, 0.1) is 6.61 Å². The second-order valence-electron chi connectivity index (χ2n) is 6.44. The fraction of sp³-hybridized carbons (Fsp3) is 0.381. The molecule has 2 aromatic rings. The molecule has 1 atom stereocenters. The number of anilines is 1. The number of benzene rings is 2. The average molecular weight is 338 g/mol. The fourth-order valence-electron chi connectivity index (χ4n) is 3.17. The lowest BCUT2D eigenvalue weighted by molar-refractivity contribution is 0.102. The lowest BCUT2D eigenvalue weighted by atomic mass is 10.0. The van der Waals surface area contributed by atoms with Crippen LogP contribution >= 0.6 is 0 Å². The van der Waals surface area contributed by atoms with Gasteiger partial charge in [-0.2, -0.15) is 0 Å². The van der Waals surface area contributed by atoms with Crippen LogP contribution in [0.3, 0.4) is 0 Å². The van der Waals surface area contributed by atoms with E-state index in [9.17, 15) is 4.79 Å². The third-order valence-corrected chi connectivity index (χ3v) is 4.58. The van der Waals surface area contributed by atoms with E-state index in [-0.39, 0.29) is 5.91 Å². The van der Waals surface area contributed by atoms with Crippen molar-refractivity contribution in [3.63, 3.8) is 0 Å². The van der Waals surface area contributed by atoms with Crippen molar-refractivity contribution >= 4 is 11.6 Å². The van der Waals surface area contributed by atoms with Gasteiger partial charge in [0.1, 0.15) is 5.75 Å². The summed E-state index contributed by atoms with van der Waals surface area (Å²) >= 11 is 0. The predicted octanol–water partition coefficient (Wildman–Crippen LogP) is 4.02. The van der Waals surface area contributed by atoms with Crippen molar-refractivity contribution < 1.29 is 9.53 Å². The van der Waals surface area contributed by atoms with Crippen LogP contribution in [0.5, 0.6) is 5.75 Å². The number of carbonyl (C=O) groups is 1. The smallest absolute Gasteiger partial charge is 0.255 e. The Hall–Kier alpha value is -2.33. The molecule has 1 aliphatic heterocycles. The molecule has 0 aromatic heterocycles. The van der Waals surface area contributed by atoms with Crippen LogP contribution in [0.1, 0.15) is 42.1 Å². The zero-order chi connectivity index (χ0) is 17.5. The number of ether oxygens (including phenoxy) is 1. The van der Waals surface area contributed by atoms with Crippen molar-refractivity contribution in [2.45, 2.75) is 38.6 Å². The van der Waals surface area contributed by atoms with Crippen LogP contribution in [-0.2, 0) is 6.42 Å².